The monoisotopic (exact) mass is 291 g/mol. The summed E-state index contributed by atoms with van der Waals surface area (Å²) in [5.41, 5.74) is 0. The molecule has 0 aromatic carbocycles. The minimum Gasteiger partial charge on any atom is -0.480 e. The van der Waals surface area contributed by atoms with E-state index < -0.39 is 54.6 Å². The third-order valence-corrected chi connectivity index (χ3v) is 3.42. The Kier molecular flexibility index (Phi) is 2.76. The van der Waals surface area contributed by atoms with Crippen molar-refractivity contribution in [2.75, 3.05) is 0 Å². The van der Waals surface area contributed by atoms with E-state index in [0.717, 1.165) is 0 Å². The van der Waals surface area contributed by atoms with E-state index in [4.69, 9.17) is 5.11 Å². The lowest BCUT2D eigenvalue weighted by Crippen LogP contribution is -2.50. The normalized spacial score (nSPS) is 34.1. The second-order valence-electron chi connectivity index (χ2n) is 4.52. The molecule has 0 unspecified atom stereocenters. The summed E-state index contributed by atoms with van der Waals surface area (Å²) in [7, 11) is 0. The molecule has 4 nitrogen and oxygen atoms in total. The predicted molar refractivity (Wildman–Crippen MR) is 45.8 cm³/mol. The number of hydrogen-bond donors (Lipinski definition) is 1. The van der Waals surface area contributed by atoms with Gasteiger partial charge >= 0.3 is 24.2 Å². The highest BCUT2D eigenvalue weighted by Crippen LogP contribution is 2.60. The Morgan fingerprint density at radius 2 is 1.63 bits per heavy atom. The zero-order chi connectivity index (χ0) is 14.7. The molecule has 2 aliphatic rings. The molecule has 1 aliphatic heterocycles. The number of carbonyl (C=O) groups is 2. The lowest BCUT2D eigenvalue weighted by atomic mass is 10.1. The molecule has 0 radical (unpaired) electrons. The second-order valence-corrected chi connectivity index (χ2v) is 4.52. The van der Waals surface area contributed by atoms with Crippen LogP contribution in [0.15, 0.2) is 0 Å². The molecule has 2 rings (SSSR count). The highest BCUT2D eigenvalue weighted by molar-refractivity contribution is 5.88. The predicted octanol–water partition coefficient (Wildman–Crippen LogP) is 1.41. The van der Waals surface area contributed by atoms with Gasteiger partial charge < -0.3 is 10.0 Å². The van der Waals surface area contributed by atoms with Crippen LogP contribution >= 0.6 is 0 Å². The lowest BCUT2D eigenvalue weighted by molar-refractivity contribution is -0.194. The Balaban J connectivity index is 2.26. The Labute approximate surface area is 102 Å². The molecule has 0 spiro atoms. The van der Waals surface area contributed by atoms with Gasteiger partial charge in [0.05, 0.1) is 5.92 Å². The number of fused-ring (bicyclic) bond motifs is 1. The number of alkyl halides is 6. The van der Waals surface area contributed by atoms with E-state index in [2.05, 4.69) is 0 Å². The number of hydrogen-bond acceptors (Lipinski definition) is 2. The first kappa shape index (κ1) is 13.9. The Morgan fingerprint density at radius 3 is 2.00 bits per heavy atom. The largest absolute Gasteiger partial charge is 0.480 e. The van der Waals surface area contributed by atoms with E-state index in [1.165, 1.54) is 0 Å². The summed E-state index contributed by atoms with van der Waals surface area (Å²) in [6.45, 7) is 0. The van der Waals surface area contributed by atoms with Gasteiger partial charge in [-0.1, -0.05) is 0 Å². The zero-order valence-electron chi connectivity index (χ0n) is 9.00. The van der Waals surface area contributed by atoms with E-state index in [0.29, 0.717) is 0 Å². The summed E-state index contributed by atoms with van der Waals surface area (Å²) < 4.78 is 74.2. The molecule has 1 aliphatic carbocycles. The van der Waals surface area contributed by atoms with Gasteiger partial charge in [0, 0.05) is 6.04 Å². The van der Waals surface area contributed by atoms with Gasteiger partial charge in [-0.25, -0.2) is 4.79 Å². The SMILES string of the molecule is O=C(O)[C@@H]1C[C@@H]2[C@@H]([C@H]2C(F)(F)F)N1C(=O)C(F)(F)F. The number of piperidine rings is 1. The van der Waals surface area contributed by atoms with Crippen molar-refractivity contribution in [1.29, 1.82) is 0 Å². The van der Waals surface area contributed by atoms with Crippen molar-refractivity contribution in [2.24, 2.45) is 11.8 Å². The summed E-state index contributed by atoms with van der Waals surface area (Å²) >= 11 is 0. The van der Waals surface area contributed by atoms with E-state index in [-0.39, 0.29) is 4.90 Å². The first-order valence-corrected chi connectivity index (χ1v) is 5.15. The van der Waals surface area contributed by atoms with Gasteiger partial charge in [0.15, 0.2) is 0 Å². The summed E-state index contributed by atoms with van der Waals surface area (Å²) in [4.78, 5) is 21.6. The van der Waals surface area contributed by atoms with Gasteiger partial charge in [0.1, 0.15) is 6.04 Å². The van der Waals surface area contributed by atoms with Crippen molar-refractivity contribution in [3.8, 4) is 0 Å². The van der Waals surface area contributed by atoms with Crippen LogP contribution in [0.3, 0.4) is 0 Å². The first-order chi connectivity index (χ1) is 8.46. The smallest absolute Gasteiger partial charge is 0.471 e. The lowest BCUT2D eigenvalue weighted by Gasteiger charge is -2.27. The van der Waals surface area contributed by atoms with E-state index in [9.17, 15) is 35.9 Å². The number of nitrogens with zero attached hydrogens (tertiary/aromatic N) is 1. The molecule has 0 bridgehead atoms. The maximum atomic E-state index is 12.5. The number of carboxylic acid groups (broad SMARTS) is 1. The fourth-order valence-electron chi connectivity index (χ4n) is 2.68. The van der Waals surface area contributed by atoms with Crippen molar-refractivity contribution in [2.45, 2.75) is 30.9 Å². The van der Waals surface area contributed by atoms with Gasteiger partial charge in [-0.15, -0.1) is 0 Å². The number of carboxylic acids is 1. The number of likely N-dealkylation sites (tertiary alicyclic amines) is 1. The highest BCUT2D eigenvalue weighted by atomic mass is 19.4. The molecule has 1 saturated carbocycles. The van der Waals surface area contributed by atoms with Crippen molar-refractivity contribution in [1.82, 2.24) is 4.90 Å². The van der Waals surface area contributed by atoms with Gasteiger partial charge in [-0.05, 0) is 12.3 Å². The second kappa shape index (κ2) is 3.76. The maximum absolute atomic E-state index is 12.5. The Morgan fingerprint density at radius 1 is 1.11 bits per heavy atom. The van der Waals surface area contributed by atoms with Crippen LogP contribution in [0.1, 0.15) is 6.42 Å². The van der Waals surface area contributed by atoms with E-state index in [1.54, 1.807) is 0 Å². The number of halogens is 6. The number of amides is 1. The molecule has 19 heavy (non-hydrogen) atoms. The molecule has 1 saturated heterocycles. The molecule has 2 fully saturated rings. The van der Waals surface area contributed by atoms with Crippen LogP contribution < -0.4 is 0 Å². The minimum atomic E-state index is -5.39. The van der Waals surface area contributed by atoms with Crippen LogP contribution in [-0.4, -0.2) is 46.3 Å². The van der Waals surface area contributed by atoms with E-state index in [1.807, 2.05) is 0 Å². The van der Waals surface area contributed by atoms with Crippen molar-refractivity contribution >= 4 is 11.9 Å². The molecule has 4 atom stereocenters. The van der Waals surface area contributed by atoms with Crippen molar-refractivity contribution in [3.05, 3.63) is 0 Å². The molecular formula is C9H7F6NO3. The molecule has 1 amide bonds. The number of aliphatic carboxylic acids is 1. The summed E-state index contributed by atoms with van der Waals surface area (Å²) in [5, 5.41) is 8.68. The third kappa shape index (κ3) is 2.12. The summed E-state index contributed by atoms with van der Waals surface area (Å²) in [5.74, 6) is -7.58. The third-order valence-electron chi connectivity index (χ3n) is 3.42. The zero-order valence-corrected chi connectivity index (χ0v) is 9.00. The topological polar surface area (TPSA) is 57.6 Å². The van der Waals surface area contributed by atoms with Crippen LogP contribution in [0.5, 0.6) is 0 Å². The highest BCUT2D eigenvalue weighted by Gasteiger charge is 2.74. The van der Waals surface area contributed by atoms with Crippen molar-refractivity contribution in [3.63, 3.8) is 0 Å². The molecule has 1 heterocycles. The molecule has 108 valence electrons. The summed E-state index contributed by atoms with van der Waals surface area (Å²) in [6.07, 6.45) is -10.7. The number of rotatable bonds is 1. The fourth-order valence-corrected chi connectivity index (χ4v) is 2.68. The first-order valence-electron chi connectivity index (χ1n) is 5.15. The van der Waals surface area contributed by atoms with Crippen LogP contribution in [0.4, 0.5) is 26.3 Å². The van der Waals surface area contributed by atoms with Gasteiger partial charge in [0.25, 0.3) is 0 Å². The Bertz CT molecular complexity index is 431. The van der Waals surface area contributed by atoms with Gasteiger partial charge in [-0.3, -0.25) is 4.79 Å². The molecule has 10 heteroatoms. The van der Waals surface area contributed by atoms with Crippen LogP contribution in [-0.2, 0) is 9.59 Å². The average Bonchev–Trinajstić information content (AvgIpc) is 2.79. The molecule has 0 aromatic heterocycles. The minimum absolute atomic E-state index is 0.175. The molecule has 0 aromatic rings. The number of carbonyl (C=O) groups excluding carboxylic acids is 1. The van der Waals surface area contributed by atoms with Crippen LogP contribution in [0, 0.1) is 11.8 Å². The standard InChI is InChI=1S/C9H7F6NO3/c10-8(11,12)4-2-1-3(6(17)18)16(5(2)4)7(19)9(13,14)15/h2-5H,1H2,(H,17,18)/t2-,3-,4-,5-/m0/s1. The average molecular weight is 291 g/mol. The maximum Gasteiger partial charge on any atom is 0.471 e. The van der Waals surface area contributed by atoms with Crippen LogP contribution in [0.2, 0.25) is 0 Å². The van der Waals surface area contributed by atoms with Crippen LogP contribution in [0.25, 0.3) is 0 Å². The fraction of sp³-hybridized carbons (Fsp3) is 0.778. The molecule has 1 N–H and O–H groups in total. The molecular weight excluding hydrogens is 284 g/mol. The van der Waals surface area contributed by atoms with E-state index >= 15 is 0 Å². The van der Waals surface area contributed by atoms with Gasteiger partial charge in [0.2, 0.25) is 0 Å². The van der Waals surface area contributed by atoms with Crippen molar-refractivity contribution < 1.29 is 41.0 Å². The quantitative estimate of drug-likeness (QED) is 0.743. The van der Waals surface area contributed by atoms with Gasteiger partial charge in [-0.2, -0.15) is 26.3 Å². The summed E-state index contributed by atoms with van der Waals surface area (Å²) in [6, 6.07) is -3.56. The Hall–Kier alpha value is -1.48.